The van der Waals surface area contributed by atoms with E-state index in [9.17, 15) is 0 Å². The number of hydrogen-bond acceptors (Lipinski definition) is 4. The second-order valence-electron chi connectivity index (χ2n) is 10.7. The van der Waals surface area contributed by atoms with Gasteiger partial charge in [0.1, 0.15) is 22.6 Å². The van der Waals surface area contributed by atoms with Crippen LogP contribution < -0.4 is 10.1 Å². The SMILES string of the molecule is C1=CC(=C2C=C(c3ccc(-c4ccccc4)[nH]3)O[B-]3(O2)Oc2ccc4cccc5ccc(c2c45)=[O+]3)N=C1c1ccccc1. The Morgan fingerprint density at radius 2 is 1.35 bits per heavy atom. The normalized spacial score (nSPS) is 20.4. The van der Waals surface area contributed by atoms with Crippen molar-refractivity contribution < 1.29 is 14.0 Å². The molecule has 0 bridgehead atoms. The van der Waals surface area contributed by atoms with Crippen LogP contribution in [0.5, 0.6) is 5.75 Å². The molecular formula is C36H23BN2O4. The standard InChI is InChI=1S/C36H23BN2O4/c1-3-8-23(9-4-1)27-16-18-29(38-27)33-22-34(30-19-17-28(39-30)24-10-5-2-6-11-24)43-37(42-33)40-31-20-14-25-12-7-13-26-15-21-32(41-37)36(31)35(25)26/h1-22,38H. The molecule has 4 heterocycles. The van der Waals surface area contributed by atoms with Crippen molar-refractivity contribution in [1.82, 2.24) is 4.98 Å². The molecule has 6 nitrogen and oxygen atoms in total. The molecule has 1 spiro atoms. The van der Waals surface area contributed by atoms with Crippen LogP contribution in [0.4, 0.5) is 0 Å². The summed E-state index contributed by atoms with van der Waals surface area (Å²) in [5.41, 5.74) is 5.96. The molecule has 204 valence electrons. The Labute approximate surface area is 246 Å². The van der Waals surface area contributed by atoms with Gasteiger partial charge in [-0.25, -0.2) is 4.99 Å². The van der Waals surface area contributed by atoms with Crippen molar-refractivity contribution in [3.05, 3.63) is 166 Å². The van der Waals surface area contributed by atoms with Crippen molar-refractivity contribution >= 4 is 40.0 Å². The number of aromatic nitrogens is 1. The number of aromatic amines is 1. The monoisotopic (exact) mass is 558 g/mol. The number of rotatable bonds is 3. The highest BCUT2D eigenvalue weighted by molar-refractivity contribution is 6.66. The molecule has 1 aromatic heterocycles. The number of hydrogen-bond donors (Lipinski definition) is 1. The molecule has 0 fully saturated rings. The van der Waals surface area contributed by atoms with E-state index in [0.717, 1.165) is 49.8 Å². The predicted octanol–water partition coefficient (Wildman–Crippen LogP) is 7.51. The third-order valence-corrected chi connectivity index (χ3v) is 8.05. The van der Waals surface area contributed by atoms with Crippen LogP contribution in [0.1, 0.15) is 11.3 Å². The minimum atomic E-state index is -2.78. The summed E-state index contributed by atoms with van der Waals surface area (Å²) >= 11 is 0. The number of aliphatic imine (C=N–C) groups is 1. The first-order valence-electron chi connectivity index (χ1n) is 14.2. The summed E-state index contributed by atoms with van der Waals surface area (Å²) in [5.74, 6) is 1.66. The molecule has 1 atom stereocenters. The lowest BCUT2D eigenvalue weighted by atomic mass is 9.95. The molecule has 1 unspecified atom stereocenters. The van der Waals surface area contributed by atoms with Crippen LogP contribution in [-0.2, 0) is 9.31 Å². The molecule has 0 radical (unpaired) electrons. The molecule has 43 heavy (non-hydrogen) atoms. The zero-order valence-corrected chi connectivity index (χ0v) is 22.9. The average Bonchev–Trinajstić information content (AvgIpc) is 3.76. The predicted molar refractivity (Wildman–Crippen MR) is 171 cm³/mol. The van der Waals surface area contributed by atoms with E-state index in [1.807, 2.05) is 91.0 Å². The lowest BCUT2D eigenvalue weighted by molar-refractivity contribution is 0.202. The first-order valence-corrected chi connectivity index (χ1v) is 14.2. The maximum atomic E-state index is 6.55. The van der Waals surface area contributed by atoms with Gasteiger partial charge in [-0.3, -0.25) is 0 Å². The first-order chi connectivity index (χ1) is 21.2. The summed E-state index contributed by atoms with van der Waals surface area (Å²) in [6.07, 6.45) is 5.76. The van der Waals surface area contributed by atoms with E-state index in [-0.39, 0.29) is 0 Å². The van der Waals surface area contributed by atoms with Crippen LogP contribution in [0.3, 0.4) is 0 Å². The summed E-state index contributed by atoms with van der Waals surface area (Å²) in [7, 11) is 0. The summed E-state index contributed by atoms with van der Waals surface area (Å²) in [6, 6.07) is 38.5. The second kappa shape index (κ2) is 9.09. The van der Waals surface area contributed by atoms with Gasteiger partial charge < -0.3 is 23.3 Å². The number of nitrogens with zero attached hydrogens (tertiary/aromatic N) is 1. The Balaban J connectivity index is 1.21. The van der Waals surface area contributed by atoms with Crippen molar-refractivity contribution in [2.75, 3.05) is 0 Å². The zero-order chi connectivity index (χ0) is 28.4. The van der Waals surface area contributed by atoms with E-state index >= 15 is 0 Å². The molecule has 3 aliphatic rings. The first kappa shape index (κ1) is 23.8. The van der Waals surface area contributed by atoms with Crippen LogP contribution in [0, 0.1) is 0 Å². The molecule has 9 rings (SSSR count). The second-order valence-corrected chi connectivity index (χ2v) is 10.7. The number of H-pyrrole nitrogens is 1. The third-order valence-electron chi connectivity index (χ3n) is 8.05. The Morgan fingerprint density at radius 1 is 0.605 bits per heavy atom. The highest BCUT2D eigenvalue weighted by atomic mass is 16.9. The summed E-state index contributed by atoms with van der Waals surface area (Å²) in [6.45, 7) is -2.78. The van der Waals surface area contributed by atoms with Crippen LogP contribution in [0.15, 0.2) is 154 Å². The minimum absolute atomic E-state index is 0.490. The highest BCUT2D eigenvalue weighted by Gasteiger charge is 2.62. The maximum Gasteiger partial charge on any atom is 1.04 e. The van der Waals surface area contributed by atoms with E-state index in [2.05, 4.69) is 47.4 Å². The highest BCUT2D eigenvalue weighted by Crippen LogP contribution is 2.40. The molecule has 1 N–H and O–H groups in total. The molecule has 7 heteroatoms. The van der Waals surface area contributed by atoms with E-state index in [4.69, 9.17) is 23.3 Å². The summed E-state index contributed by atoms with van der Waals surface area (Å²) in [4.78, 5) is 8.40. The fourth-order valence-corrected chi connectivity index (χ4v) is 6.04. The van der Waals surface area contributed by atoms with Crippen LogP contribution in [-0.4, -0.2) is 17.7 Å². The third kappa shape index (κ3) is 3.90. The Bertz CT molecular complexity index is 2250. The van der Waals surface area contributed by atoms with Gasteiger partial charge in [0.05, 0.1) is 17.2 Å². The topological polar surface area (TPSA) is 67.1 Å². The molecule has 3 aliphatic heterocycles. The van der Waals surface area contributed by atoms with Crippen molar-refractivity contribution in [1.29, 1.82) is 0 Å². The Hall–Kier alpha value is -5.82. The van der Waals surface area contributed by atoms with E-state index in [1.165, 1.54) is 0 Å². The van der Waals surface area contributed by atoms with Gasteiger partial charge in [0.15, 0.2) is 0 Å². The summed E-state index contributed by atoms with van der Waals surface area (Å²) in [5, 5.41) is 4.21. The number of benzene rings is 5. The average molecular weight is 558 g/mol. The van der Waals surface area contributed by atoms with Crippen molar-refractivity contribution in [3.8, 4) is 17.0 Å². The van der Waals surface area contributed by atoms with Gasteiger partial charge in [-0.2, -0.15) is 0 Å². The van der Waals surface area contributed by atoms with E-state index < -0.39 is 6.96 Å². The lowest BCUT2D eigenvalue weighted by Crippen LogP contribution is -2.51. The Morgan fingerprint density at radius 3 is 2.16 bits per heavy atom. The smallest absolute Gasteiger partial charge is 0.551 e. The molecule has 0 saturated heterocycles. The van der Waals surface area contributed by atoms with Crippen LogP contribution >= 0.6 is 0 Å². The van der Waals surface area contributed by atoms with Gasteiger partial charge in [0.25, 0.3) is 5.43 Å². The van der Waals surface area contributed by atoms with E-state index in [1.54, 1.807) is 0 Å². The molecule has 6 aromatic rings. The number of nitrogens with one attached hydrogen (secondary N) is 1. The van der Waals surface area contributed by atoms with Gasteiger partial charge in [-0.1, -0.05) is 84.9 Å². The molecule has 0 amide bonds. The lowest BCUT2D eigenvalue weighted by Gasteiger charge is -2.34. The molecular weight excluding hydrogens is 535 g/mol. The quantitative estimate of drug-likeness (QED) is 0.181. The van der Waals surface area contributed by atoms with E-state index in [0.29, 0.717) is 28.4 Å². The minimum Gasteiger partial charge on any atom is -0.551 e. The van der Waals surface area contributed by atoms with Crippen LogP contribution in [0.2, 0.25) is 0 Å². The largest absolute Gasteiger partial charge is 1.04 e. The van der Waals surface area contributed by atoms with Gasteiger partial charge in [-0.05, 0) is 52.8 Å². The van der Waals surface area contributed by atoms with Crippen molar-refractivity contribution in [2.45, 2.75) is 0 Å². The van der Waals surface area contributed by atoms with Crippen LogP contribution in [0.25, 0.3) is 38.6 Å². The van der Waals surface area contributed by atoms with Gasteiger partial charge >= 0.3 is 6.96 Å². The summed E-state index contributed by atoms with van der Waals surface area (Å²) < 4.78 is 26.2. The molecule has 0 saturated carbocycles. The Kier molecular flexibility index (Phi) is 5.04. The number of allylic oxidation sites excluding steroid dienone is 3. The fraction of sp³-hybridized carbons (Fsp3) is 0. The van der Waals surface area contributed by atoms with Crippen molar-refractivity contribution in [3.63, 3.8) is 0 Å². The van der Waals surface area contributed by atoms with Gasteiger partial charge in [0.2, 0.25) is 0 Å². The van der Waals surface area contributed by atoms with Crippen molar-refractivity contribution in [2.24, 2.45) is 4.99 Å². The molecule has 5 aromatic carbocycles. The van der Waals surface area contributed by atoms with Gasteiger partial charge in [0, 0.05) is 28.8 Å². The zero-order valence-electron chi connectivity index (χ0n) is 22.9. The maximum absolute atomic E-state index is 6.55. The molecule has 0 aliphatic carbocycles. The van der Waals surface area contributed by atoms with Gasteiger partial charge in [-0.15, -0.1) is 0 Å². The fourth-order valence-electron chi connectivity index (χ4n) is 6.04.